The molecular formula is C11H9BrO2. The van der Waals surface area contributed by atoms with Crippen LogP contribution in [0.4, 0.5) is 0 Å². The van der Waals surface area contributed by atoms with Gasteiger partial charge in [-0.05, 0) is 30.2 Å². The van der Waals surface area contributed by atoms with E-state index in [2.05, 4.69) is 21.9 Å². The number of halogens is 1. The van der Waals surface area contributed by atoms with Crippen molar-refractivity contribution in [1.29, 1.82) is 0 Å². The number of carboxylic acids is 1. The molecule has 0 atom stereocenters. The molecule has 0 spiro atoms. The predicted octanol–water partition coefficient (Wildman–Crippen LogP) is 2.45. The van der Waals surface area contributed by atoms with Gasteiger partial charge in [-0.3, -0.25) is 4.79 Å². The highest BCUT2D eigenvalue weighted by molar-refractivity contribution is 9.10. The van der Waals surface area contributed by atoms with Gasteiger partial charge in [-0.15, -0.1) is 6.42 Å². The molecule has 72 valence electrons. The molecule has 2 nitrogen and oxygen atoms in total. The molecular weight excluding hydrogens is 244 g/mol. The van der Waals surface area contributed by atoms with Crippen LogP contribution >= 0.6 is 15.9 Å². The SMILES string of the molecule is C#Cc1cc(Br)cc(CCC(=O)O)c1. The van der Waals surface area contributed by atoms with Gasteiger partial charge in [0, 0.05) is 16.5 Å². The molecule has 0 fully saturated rings. The van der Waals surface area contributed by atoms with E-state index in [-0.39, 0.29) is 6.42 Å². The van der Waals surface area contributed by atoms with Crippen molar-refractivity contribution in [3.05, 3.63) is 33.8 Å². The molecule has 0 saturated heterocycles. The summed E-state index contributed by atoms with van der Waals surface area (Å²) in [7, 11) is 0. The Kier molecular flexibility index (Phi) is 3.73. The van der Waals surface area contributed by atoms with E-state index in [0.717, 1.165) is 15.6 Å². The van der Waals surface area contributed by atoms with Gasteiger partial charge in [-0.25, -0.2) is 0 Å². The number of carbonyl (C=O) groups is 1. The molecule has 0 aromatic heterocycles. The van der Waals surface area contributed by atoms with Gasteiger partial charge >= 0.3 is 5.97 Å². The van der Waals surface area contributed by atoms with Crippen LogP contribution in [0.15, 0.2) is 22.7 Å². The average molecular weight is 253 g/mol. The van der Waals surface area contributed by atoms with Crippen molar-refractivity contribution in [3.8, 4) is 12.3 Å². The zero-order chi connectivity index (χ0) is 10.6. The van der Waals surface area contributed by atoms with E-state index < -0.39 is 5.97 Å². The molecule has 0 aliphatic carbocycles. The van der Waals surface area contributed by atoms with E-state index >= 15 is 0 Å². The number of hydrogen-bond donors (Lipinski definition) is 1. The first-order valence-corrected chi connectivity index (χ1v) is 4.89. The first-order chi connectivity index (χ1) is 6.61. The molecule has 3 heteroatoms. The van der Waals surface area contributed by atoms with Crippen LogP contribution in [0.1, 0.15) is 17.5 Å². The Morgan fingerprint density at radius 1 is 1.50 bits per heavy atom. The zero-order valence-corrected chi connectivity index (χ0v) is 9.04. The standard InChI is InChI=1S/C11H9BrO2/c1-2-8-5-9(3-4-11(13)14)7-10(12)6-8/h1,5-7H,3-4H2,(H,13,14). The summed E-state index contributed by atoms with van der Waals surface area (Å²) in [5, 5.41) is 8.52. The minimum Gasteiger partial charge on any atom is -0.481 e. The van der Waals surface area contributed by atoms with Gasteiger partial charge < -0.3 is 5.11 Å². The van der Waals surface area contributed by atoms with E-state index in [0.29, 0.717) is 6.42 Å². The summed E-state index contributed by atoms with van der Waals surface area (Å²) in [6.07, 6.45) is 5.89. The highest BCUT2D eigenvalue weighted by Gasteiger charge is 2.01. The maximum Gasteiger partial charge on any atom is 0.303 e. The van der Waals surface area contributed by atoms with Crippen LogP contribution in [-0.4, -0.2) is 11.1 Å². The molecule has 0 aliphatic heterocycles. The monoisotopic (exact) mass is 252 g/mol. The molecule has 1 rings (SSSR count). The summed E-state index contributed by atoms with van der Waals surface area (Å²) < 4.78 is 0.883. The molecule has 0 heterocycles. The lowest BCUT2D eigenvalue weighted by Crippen LogP contribution is -1.97. The molecule has 0 bridgehead atoms. The molecule has 0 aliphatic rings. The van der Waals surface area contributed by atoms with Gasteiger partial charge in [0.15, 0.2) is 0 Å². The fourth-order valence-electron chi connectivity index (χ4n) is 1.13. The predicted molar refractivity (Wildman–Crippen MR) is 58.0 cm³/mol. The highest BCUT2D eigenvalue weighted by Crippen LogP contribution is 2.16. The van der Waals surface area contributed by atoms with E-state index in [9.17, 15) is 4.79 Å². The quantitative estimate of drug-likeness (QED) is 0.840. The second kappa shape index (κ2) is 4.83. The van der Waals surface area contributed by atoms with E-state index in [1.807, 2.05) is 18.2 Å². The summed E-state index contributed by atoms with van der Waals surface area (Å²) in [6, 6.07) is 5.53. The van der Waals surface area contributed by atoms with Gasteiger partial charge in [-0.1, -0.05) is 21.9 Å². The summed E-state index contributed by atoms with van der Waals surface area (Å²) in [4.78, 5) is 10.4. The second-order valence-electron chi connectivity index (χ2n) is 2.89. The van der Waals surface area contributed by atoms with Gasteiger partial charge in [-0.2, -0.15) is 0 Å². The number of rotatable bonds is 3. The number of hydrogen-bond acceptors (Lipinski definition) is 1. The molecule has 0 radical (unpaired) electrons. The van der Waals surface area contributed by atoms with Crippen molar-refractivity contribution in [2.45, 2.75) is 12.8 Å². The van der Waals surface area contributed by atoms with Crippen molar-refractivity contribution < 1.29 is 9.90 Å². The molecule has 0 saturated carbocycles. The van der Waals surface area contributed by atoms with Crippen LogP contribution in [0.3, 0.4) is 0 Å². The molecule has 0 unspecified atom stereocenters. The normalized spacial score (nSPS) is 9.43. The molecule has 1 aromatic rings. The number of aryl methyl sites for hydroxylation is 1. The smallest absolute Gasteiger partial charge is 0.303 e. The lowest BCUT2D eigenvalue weighted by Gasteiger charge is -2.01. The van der Waals surface area contributed by atoms with E-state index in [1.54, 1.807) is 0 Å². The number of carboxylic acid groups (broad SMARTS) is 1. The van der Waals surface area contributed by atoms with Gasteiger partial charge in [0.2, 0.25) is 0 Å². The minimum atomic E-state index is -0.799. The highest BCUT2D eigenvalue weighted by atomic mass is 79.9. The number of benzene rings is 1. The maximum atomic E-state index is 10.4. The zero-order valence-electron chi connectivity index (χ0n) is 7.46. The first kappa shape index (κ1) is 10.8. The van der Waals surface area contributed by atoms with Crippen LogP contribution in [0.25, 0.3) is 0 Å². The third-order valence-electron chi connectivity index (χ3n) is 1.75. The van der Waals surface area contributed by atoms with Crippen LogP contribution in [0.2, 0.25) is 0 Å². The van der Waals surface area contributed by atoms with Crippen molar-refractivity contribution in [1.82, 2.24) is 0 Å². The van der Waals surface area contributed by atoms with Crippen LogP contribution in [0.5, 0.6) is 0 Å². The fourth-order valence-corrected chi connectivity index (χ4v) is 1.67. The maximum absolute atomic E-state index is 10.4. The first-order valence-electron chi connectivity index (χ1n) is 4.09. The Morgan fingerprint density at radius 2 is 2.21 bits per heavy atom. The average Bonchev–Trinajstić information content (AvgIpc) is 2.14. The topological polar surface area (TPSA) is 37.3 Å². The Labute approximate surface area is 91.1 Å². The molecule has 0 amide bonds. The largest absolute Gasteiger partial charge is 0.481 e. The molecule has 1 aromatic carbocycles. The summed E-state index contributed by atoms with van der Waals surface area (Å²) >= 11 is 3.32. The summed E-state index contributed by atoms with van der Waals surface area (Å²) in [5.41, 5.74) is 1.70. The fraction of sp³-hybridized carbons (Fsp3) is 0.182. The van der Waals surface area contributed by atoms with Gasteiger partial charge in [0.05, 0.1) is 0 Å². The van der Waals surface area contributed by atoms with Gasteiger partial charge in [0.1, 0.15) is 0 Å². The van der Waals surface area contributed by atoms with E-state index in [1.165, 1.54) is 0 Å². The molecule has 1 N–H and O–H groups in total. The van der Waals surface area contributed by atoms with Crippen molar-refractivity contribution in [2.24, 2.45) is 0 Å². The minimum absolute atomic E-state index is 0.125. The van der Waals surface area contributed by atoms with Gasteiger partial charge in [0.25, 0.3) is 0 Å². The Hall–Kier alpha value is -1.27. The lowest BCUT2D eigenvalue weighted by atomic mass is 10.1. The second-order valence-corrected chi connectivity index (χ2v) is 3.80. The number of aliphatic carboxylic acids is 1. The third-order valence-corrected chi connectivity index (χ3v) is 2.21. The Balaban J connectivity index is 2.82. The van der Waals surface area contributed by atoms with E-state index in [4.69, 9.17) is 11.5 Å². The van der Waals surface area contributed by atoms with Crippen molar-refractivity contribution in [2.75, 3.05) is 0 Å². The van der Waals surface area contributed by atoms with Crippen molar-refractivity contribution >= 4 is 21.9 Å². The lowest BCUT2D eigenvalue weighted by molar-refractivity contribution is -0.136. The summed E-state index contributed by atoms with van der Waals surface area (Å²) in [6.45, 7) is 0. The van der Waals surface area contributed by atoms with Crippen LogP contribution < -0.4 is 0 Å². The van der Waals surface area contributed by atoms with Crippen LogP contribution in [0, 0.1) is 12.3 Å². The molecule has 14 heavy (non-hydrogen) atoms. The van der Waals surface area contributed by atoms with Crippen LogP contribution in [-0.2, 0) is 11.2 Å². The van der Waals surface area contributed by atoms with Crippen molar-refractivity contribution in [3.63, 3.8) is 0 Å². The Morgan fingerprint density at radius 3 is 2.79 bits per heavy atom. The Bertz CT molecular complexity index is 391. The number of terminal acetylenes is 1. The third kappa shape index (κ3) is 3.23. The summed E-state index contributed by atoms with van der Waals surface area (Å²) in [5.74, 6) is 1.72.